The molecule has 0 aliphatic carbocycles. The molecule has 7 nitrogen and oxygen atoms in total. The summed E-state index contributed by atoms with van der Waals surface area (Å²) in [7, 11) is -2.07. The number of rotatable bonds is 5. The van der Waals surface area contributed by atoms with Crippen molar-refractivity contribution in [3.8, 4) is 5.75 Å². The topological polar surface area (TPSA) is 84.9 Å². The molecule has 0 aromatic heterocycles. The number of carbonyl (C=O) groups excluding carboxylic acids is 1. The van der Waals surface area contributed by atoms with Gasteiger partial charge in [0.2, 0.25) is 10.0 Å². The molecule has 1 amide bonds. The Morgan fingerprint density at radius 2 is 1.81 bits per heavy atom. The molecule has 3 rings (SSSR count). The fourth-order valence-electron chi connectivity index (χ4n) is 2.69. The SMILES string of the molecule is COc1ccc(Br)cc1NC(=O)c1ccc(S(=O)(=O)N2CCOCC2)cc1. The molecule has 1 fully saturated rings. The lowest BCUT2D eigenvalue weighted by Crippen LogP contribution is -2.40. The van der Waals surface area contributed by atoms with Gasteiger partial charge in [0.1, 0.15) is 5.75 Å². The predicted octanol–water partition coefficient (Wildman–Crippen LogP) is 2.73. The van der Waals surface area contributed by atoms with Crippen LogP contribution in [-0.4, -0.2) is 52.0 Å². The second kappa shape index (κ2) is 8.39. The van der Waals surface area contributed by atoms with E-state index in [0.717, 1.165) is 4.47 Å². The van der Waals surface area contributed by atoms with Crippen molar-refractivity contribution in [3.63, 3.8) is 0 Å². The number of ether oxygens (including phenoxy) is 2. The lowest BCUT2D eigenvalue weighted by Gasteiger charge is -2.26. The molecule has 9 heteroatoms. The second-order valence-electron chi connectivity index (χ2n) is 5.84. The Morgan fingerprint density at radius 1 is 1.15 bits per heavy atom. The quantitative estimate of drug-likeness (QED) is 0.750. The molecule has 1 heterocycles. The zero-order chi connectivity index (χ0) is 19.4. The van der Waals surface area contributed by atoms with E-state index in [-0.39, 0.29) is 10.8 Å². The summed E-state index contributed by atoms with van der Waals surface area (Å²) in [6.45, 7) is 1.42. The molecule has 1 aliphatic rings. The van der Waals surface area contributed by atoms with Crippen LogP contribution in [0.25, 0.3) is 0 Å². The summed E-state index contributed by atoms with van der Waals surface area (Å²) in [5.74, 6) is 0.166. The smallest absolute Gasteiger partial charge is 0.255 e. The van der Waals surface area contributed by atoms with Crippen LogP contribution in [0.15, 0.2) is 51.8 Å². The molecule has 144 valence electrons. The third kappa shape index (κ3) is 4.49. The lowest BCUT2D eigenvalue weighted by molar-refractivity contribution is 0.0730. The van der Waals surface area contributed by atoms with Gasteiger partial charge in [-0.15, -0.1) is 0 Å². The Balaban J connectivity index is 1.77. The van der Waals surface area contributed by atoms with Crippen molar-refractivity contribution in [2.45, 2.75) is 4.90 Å². The van der Waals surface area contributed by atoms with E-state index in [0.29, 0.717) is 43.3 Å². The van der Waals surface area contributed by atoms with E-state index >= 15 is 0 Å². The first-order valence-corrected chi connectivity index (χ1v) is 10.5. The average molecular weight is 455 g/mol. The zero-order valence-corrected chi connectivity index (χ0v) is 17.0. The van der Waals surface area contributed by atoms with Gasteiger partial charge in [0, 0.05) is 23.1 Å². The fourth-order valence-corrected chi connectivity index (χ4v) is 4.46. The summed E-state index contributed by atoms with van der Waals surface area (Å²) < 4.78 is 37.9. The number of nitrogens with zero attached hydrogens (tertiary/aromatic N) is 1. The van der Waals surface area contributed by atoms with Crippen LogP contribution in [0.3, 0.4) is 0 Å². The number of hydrogen-bond acceptors (Lipinski definition) is 5. The Hall–Kier alpha value is -1.94. The number of hydrogen-bond donors (Lipinski definition) is 1. The minimum Gasteiger partial charge on any atom is -0.495 e. The first-order valence-electron chi connectivity index (χ1n) is 8.24. The summed E-state index contributed by atoms with van der Waals surface area (Å²) in [4.78, 5) is 12.7. The highest BCUT2D eigenvalue weighted by Gasteiger charge is 2.26. The van der Waals surface area contributed by atoms with Crippen molar-refractivity contribution >= 4 is 37.5 Å². The van der Waals surface area contributed by atoms with E-state index in [4.69, 9.17) is 9.47 Å². The van der Waals surface area contributed by atoms with Gasteiger partial charge in [-0.2, -0.15) is 4.31 Å². The number of carbonyl (C=O) groups is 1. The minimum atomic E-state index is -3.58. The summed E-state index contributed by atoms with van der Waals surface area (Å²) in [6.07, 6.45) is 0. The van der Waals surface area contributed by atoms with Crippen LogP contribution < -0.4 is 10.1 Å². The molecule has 1 saturated heterocycles. The van der Waals surface area contributed by atoms with Crippen molar-refractivity contribution < 1.29 is 22.7 Å². The average Bonchev–Trinajstić information content (AvgIpc) is 2.69. The molecule has 0 bridgehead atoms. The van der Waals surface area contributed by atoms with Crippen LogP contribution in [0.2, 0.25) is 0 Å². The summed E-state index contributed by atoms with van der Waals surface area (Å²) in [6, 6.07) is 11.1. The molecular formula is C18H19BrN2O5S. The van der Waals surface area contributed by atoms with Crippen LogP contribution in [0.4, 0.5) is 5.69 Å². The molecule has 1 aliphatic heterocycles. The normalized spacial score (nSPS) is 15.3. The van der Waals surface area contributed by atoms with Gasteiger partial charge in [-0.1, -0.05) is 15.9 Å². The van der Waals surface area contributed by atoms with Crippen molar-refractivity contribution in [1.29, 1.82) is 0 Å². The molecule has 2 aromatic carbocycles. The highest BCUT2D eigenvalue weighted by Crippen LogP contribution is 2.28. The highest BCUT2D eigenvalue weighted by molar-refractivity contribution is 9.10. The largest absolute Gasteiger partial charge is 0.495 e. The number of morpholine rings is 1. The maximum atomic E-state index is 12.6. The molecule has 0 radical (unpaired) electrons. The molecule has 0 saturated carbocycles. The van der Waals surface area contributed by atoms with E-state index in [1.165, 1.54) is 35.7 Å². The number of sulfonamides is 1. The Bertz CT molecular complexity index is 925. The third-order valence-electron chi connectivity index (χ3n) is 4.13. The maximum absolute atomic E-state index is 12.6. The molecule has 0 spiro atoms. The van der Waals surface area contributed by atoms with Gasteiger partial charge in [0.25, 0.3) is 5.91 Å². The number of amides is 1. The number of methoxy groups -OCH3 is 1. The van der Waals surface area contributed by atoms with Crippen molar-refractivity contribution in [2.24, 2.45) is 0 Å². The first kappa shape index (κ1) is 19.8. The highest BCUT2D eigenvalue weighted by atomic mass is 79.9. The van der Waals surface area contributed by atoms with Gasteiger partial charge in [-0.25, -0.2) is 8.42 Å². The van der Waals surface area contributed by atoms with E-state index in [1.54, 1.807) is 18.2 Å². The second-order valence-corrected chi connectivity index (χ2v) is 8.69. The van der Waals surface area contributed by atoms with E-state index in [2.05, 4.69) is 21.2 Å². The molecule has 0 atom stereocenters. The standard InChI is InChI=1S/C18H19BrN2O5S/c1-25-17-7-4-14(19)12-16(17)20-18(22)13-2-5-15(6-3-13)27(23,24)21-8-10-26-11-9-21/h2-7,12H,8-11H2,1H3,(H,20,22). The van der Waals surface area contributed by atoms with E-state index in [9.17, 15) is 13.2 Å². The Morgan fingerprint density at radius 3 is 2.44 bits per heavy atom. The van der Waals surface area contributed by atoms with Gasteiger partial charge in [-0.3, -0.25) is 4.79 Å². The van der Waals surface area contributed by atoms with Crippen molar-refractivity contribution in [3.05, 3.63) is 52.5 Å². The molecule has 1 N–H and O–H groups in total. The van der Waals surface area contributed by atoms with Gasteiger partial charge in [0.15, 0.2) is 0 Å². The monoisotopic (exact) mass is 454 g/mol. The number of benzene rings is 2. The lowest BCUT2D eigenvalue weighted by atomic mass is 10.2. The van der Waals surface area contributed by atoms with E-state index in [1.807, 2.05) is 0 Å². The van der Waals surface area contributed by atoms with Gasteiger partial charge in [0.05, 0.1) is 30.9 Å². The summed E-state index contributed by atoms with van der Waals surface area (Å²) >= 11 is 3.35. The van der Waals surface area contributed by atoms with Gasteiger partial charge < -0.3 is 14.8 Å². The van der Waals surface area contributed by atoms with Crippen LogP contribution in [0.5, 0.6) is 5.75 Å². The Kier molecular flexibility index (Phi) is 6.15. The molecule has 2 aromatic rings. The van der Waals surface area contributed by atoms with Crippen molar-refractivity contribution in [1.82, 2.24) is 4.31 Å². The molecule has 0 unspecified atom stereocenters. The number of halogens is 1. The van der Waals surface area contributed by atoms with E-state index < -0.39 is 10.0 Å². The van der Waals surface area contributed by atoms with Crippen LogP contribution in [0, 0.1) is 0 Å². The zero-order valence-electron chi connectivity index (χ0n) is 14.6. The number of nitrogens with one attached hydrogen (secondary N) is 1. The fraction of sp³-hybridized carbons (Fsp3) is 0.278. The van der Waals surface area contributed by atoms with Crippen LogP contribution >= 0.6 is 15.9 Å². The van der Waals surface area contributed by atoms with Gasteiger partial charge >= 0.3 is 0 Å². The molecular weight excluding hydrogens is 436 g/mol. The first-order chi connectivity index (χ1) is 12.9. The third-order valence-corrected chi connectivity index (χ3v) is 6.54. The minimum absolute atomic E-state index is 0.154. The van der Waals surface area contributed by atoms with Gasteiger partial charge in [-0.05, 0) is 42.5 Å². The summed E-state index contributed by atoms with van der Waals surface area (Å²) in [5.41, 5.74) is 0.861. The van der Waals surface area contributed by atoms with Crippen LogP contribution in [-0.2, 0) is 14.8 Å². The van der Waals surface area contributed by atoms with Crippen LogP contribution in [0.1, 0.15) is 10.4 Å². The predicted molar refractivity (Wildman–Crippen MR) is 105 cm³/mol. The Labute approximate surface area is 166 Å². The number of anilines is 1. The molecule has 27 heavy (non-hydrogen) atoms. The van der Waals surface area contributed by atoms with Crippen molar-refractivity contribution in [2.75, 3.05) is 38.7 Å². The summed E-state index contributed by atoms with van der Waals surface area (Å²) in [5, 5.41) is 2.77. The maximum Gasteiger partial charge on any atom is 0.255 e.